The maximum absolute atomic E-state index is 5.18. The molecule has 1 aromatic heterocycles. The number of imidazole rings is 1. The highest BCUT2D eigenvalue weighted by atomic mass is 31.1. The highest BCUT2D eigenvalue weighted by Crippen LogP contribution is 2.38. The second kappa shape index (κ2) is 11.1. The third kappa shape index (κ3) is 5.22. The molecule has 0 bridgehead atoms. The summed E-state index contributed by atoms with van der Waals surface area (Å²) in [6, 6.07) is 37.6. The smallest absolute Gasteiger partial charge is 0.141 e. The molecule has 0 amide bonds. The van der Waals surface area contributed by atoms with Crippen molar-refractivity contribution in [3.63, 3.8) is 0 Å². The van der Waals surface area contributed by atoms with E-state index in [1.165, 1.54) is 32.9 Å². The summed E-state index contributed by atoms with van der Waals surface area (Å²) in [4.78, 5) is 7.31. The first kappa shape index (κ1) is 24.3. The van der Waals surface area contributed by atoms with E-state index in [4.69, 9.17) is 4.98 Å². The van der Waals surface area contributed by atoms with E-state index in [0.717, 1.165) is 36.9 Å². The number of hydrogen-bond acceptors (Lipinski definition) is 2. The Morgan fingerprint density at radius 1 is 0.778 bits per heavy atom. The third-order valence-electron chi connectivity index (χ3n) is 6.67. The molecule has 0 aliphatic heterocycles. The van der Waals surface area contributed by atoms with Gasteiger partial charge in [-0.15, -0.1) is 0 Å². The zero-order chi connectivity index (χ0) is 24.9. The lowest BCUT2D eigenvalue weighted by atomic mass is 10.2. The van der Waals surface area contributed by atoms with Crippen molar-refractivity contribution < 1.29 is 0 Å². The molecular formula is C32H34N3P. The Labute approximate surface area is 216 Å². The van der Waals surface area contributed by atoms with E-state index >= 15 is 0 Å². The molecule has 0 spiro atoms. The Bertz CT molecular complexity index is 1370. The van der Waals surface area contributed by atoms with Crippen molar-refractivity contribution in [1.29, 1.82) is 0 Å². The van der Waals surface area contributed by atoms with Gasteiger partial charge in [-0.3, -0.25) is 0 Å². The summed E-state index contributed by atoms with van der Waals surface area (Å²) in [6.45, 7) is 3.23. The van der Waals surface area contributed by atoms with Gasteiger partial charge in [-0.25, -0.2) is 4.98 Å². The zero-order valence-corrected chi connectivity index (χ0v) is 22.3. The Hall–Kier alpha value is -3.42. The van der Waals surface area contributed by atoms with Gasteiger partial charge in [0.2, 0.25) is 0 Å². The molecule has 0 fully saturated rings. The second-order valence-electron chi connectivity index (χ2n) is 9.46. The molecule has 5 rings (SSSR count). The molecule has 182 valence electrons. The van der Waals surface area contributed by atoms with E-state index in [1.807, 2.05) is 0 Å². The molecule has 0 N–H and O–H groups in total. The SMILES string of the molecule is CCCCn1c(-c2ccc(N(C)C)cc2)nc2cc(CP(c3ccccc3)c3ccccc3)ccc21. The first-order chi connectivity index (χ1) is 17.6. The summed E-state index contributed by atoms with van der Waals surface area (Å²) in [5, 5.41) is 2.82. The van der Waals surface area contributed by atoms with Gasteiger partial charge in [0.15, 0.2) is 0 Å². The van der Waals surface area contributed by atoms with E-state index in [0.29, 0.717) is 0 Å². The minimum absolute atomic E-state index is 0.486. The molecule has 4 heteroatoms. The van der Waals surface area contributed by atoms with Crippen molar-refractivity contribution in [3.8, 4) is 11.4 Å². The molecular weight excluding hydrogens is 457 g/mol. The number of fused-ring (bicyclic) bond motifs is 1. The lowest BCUT2D eigenvalue weighted by Crippen LogP contribution is -2.12. The molecule has 0 radical (unpaired) electrons. The van der Waals surface area contributed by atoms with Crippen LogP contribution in [0.4, 0.5) is 5.69 Å². The summed E-state index contributed by atoms with van der Waals surface area (Å²) >= 11 is 0. The number of aryl methyl sites for hydroxylation is 1. The minimum Gasteiger partial charge on any atom is -0.378 e. The molecule has 1 heterocycles. The van der Waals surface area contributed by atoms with Crippen LogP contribution in [0.3, 0.4) is 0 Å². The second-order valence-corrected chi connectivity index (χ2v) is 11.7. The number of nitrogens with zero attached hydrogens (tertiary/aromatic N) is 3. The molecule has 0 saturated carbocycles. The fourth-order valence-electron chi connectivity index (χ4n) is 4.68. The fraction of sp³-hybridized carbons (Fsp3) is 0.219. The van der Waals surface area contributed by atoms with Crippen LogP contribution >= 0.6 is 7.92 Å². The van der Waals surface area contributed by atoms with Crippen LogP contribution in [0.25, 0.3) is 22.4 Å². The van der Waals surface area contributed by atoms with Gasteiger partial charge < -0.3 is 9.47 Å². The number of hydrogen-bond donors (Lipinski definition) is 0. The van der Waals surface area contributed by atoms with Gasteiger partial charge in [0.25, 0.3) is 0 Å². The topological polar surface area (TPSA) is 21.1 Å². The van der Waals surface area contributed by atoms with Gasteiger partial charge >= 0.3 is 0 Å². The Kier molecular flexibility index (Phi) is 7.49. The largest absolute Gasteiger partial charge is 0.378 e. The van der Waals surface area contributed by atoms with Gasteiger partial charge in [-0.2, -0.15) is 0 Å². The van der Waals surface area contributed by atoms with Crippen LogP contribution in [-0.4, -0.2) is 23.6 Å². The molecule has 0 aliphatic carbocycles. The fourth-order valence-corrected chi connectivity index (χ4v) is 6.96. The van der Waals surface area contributed by atoms with Crippen molar-refractivity contribution in [2.75, 3.05) is 19.0 Å². The molecule has 0 aliphatic rings. The molecule has 4 aromatic carbocycles. The van der Waals surface area contributed by atoms with Crippen molar-refractivity contribution in [2.24, 2.45) is 0 Å². The van der Waals surface area contributed by atoms with Crippen molar-refractivity contribution in [1.82, 2.24) is 9.55 Å². The average molecular weight is 492 g/mol. The first-order valence-electron chi connectivity index (χ1n) is 12.8. The Morgan fingerprint density at radius 2 is 1.42 bits per heavy atom. The summed E-state index contributed by atoms with van der Waals surface area (Å²) in [5.41, 5.74) is 6.03. The lowest BCUT2D eigenvalue weighted by molar-refractivity contribution is 0.651. The van der Waals surface area contributed by atoms with E-state index in [-0.39, 0.29) is 0 Å². The number of rotatable bonds is 9. The summed E-state index contributed by atoms with van der Waals surface area (Å²) in [5.74, 6) is 1.06. The van der Waals surface area contributed by atoms with Gasteiger partial charge in [0.1, 0.15) is 5.82 Å². The molecule has 0 unspecified atom stereocenters. The maximum atomic E-state index is 5.18. The zero-order valence-electron chi connectivity index (χ0n) is 21.4. The van der Waals surface area contributed by atoms with Gasteiger partial charge in [0, 0.05) is 38.1 Å². The average Bonchev–Trinajstić information content (AvgIpc) is 3.29. The van der Waals surface area contributed by atoms with Crippen molar-refractivity contribution in [3.05, 3.63) is 109 Å². The number of aromatic nitrogens is 2. The van der Waals surface area contributed by atoms with E-state index in [2.05, 4.69) is 134 Å². The summed E-state index contributed by atoms with van der Waals surface area (Å²) < 4.78 is 2.41. The van der Waals surface area contributed by atoms with Crippen LogP contribution in [0.1, 0.15) is 25.3 Å². The van der Waals surface area contributed by atoms with Gasteiger partial charge in [0.05, 0.1) is 11.0 Å². The highest BCUT2D eigenvalue weighted by Gasteiger charge is 2.17. The first-order valence-corrected chi connectivity index (χ1v) is 14.3. The Balaban J connectivity index is 1.53. The van der Waals surface area contributed by atoms with Gasteiger partial charge in [-0.1, -0.05) is 80.1 Å². The summed E-state index contributed by atoms with van der Waals surface area (Å²) in [7, 11) is 3.67. The predicted octanol–water partition coefficient (Wildman–Crippen LogP) is 7.20. The van der Waals surface area contributed by atoms with Crippen LogP contribution in [0.15, 0.2) is 103 Å². The van der Waals surface area contributed by atoms with Crippen LogP contribution in [0.5, 0.6) is 0 Å². The number of anilines is 1. The molecule has 0 atom stereocenters. The monoisotopic (exact) mass is 491 g/mol. The molecule has 36 heavy (non-hydrogen) atoms. The molecule has 5 aromatic rings. The van der Waals surface area contributed by atoms with Gasteiger partial charge in [-0.05, 0) is 66.9 Å². The number of unbranched alkanes of at least 4 members (excludes halogenated alkanes) is 1. The standard InChI is InChI=1S/C32H34N3P/c1-4-5-22-35-31-21-16-25(23-30(31)33-32(35)26-17-19-27(20-18-26)34(2)3)24-36(28-12-8-6-9-13-28)29-14-10-7-11-15-29/h6-21,23H,4-5,22,24H2,1-3H3. The lowest BCUT2D eigenvalue weighted by Gasteiger charge is -2.19. The van der Waals surface area contributed by atoms with Crippen LogP contribution < -0.4 is 15.5 Å². The van der Waals surface area contributed by atoms with Crippen molar-refractivity contribution in [2.45, 2.75) is 32.5 Å². The maximum Gasteiger partial charge on any atom is 0.141 e. The van der Waals surface area contributed by atoms with E-state index < -0.39 is 7.92 Å². The number of benzene rings is 4. The molecule has 0 saturated heterocycles. The minimum atomic E-state index is -0.486. The van der Waals surface area contributed by atoms with Crippen LogP contribution in [0.2, 0.25) is 0 Å². The van der Waals surface area contributed by atoms with Crippen molar-refractivity contribution >= 4 is 35.3 Å². The highest BCUT2D eigenvalue weighted by molar-refractivity contribution is 7.72. The van der Waals surface area contributed by atoms with E-state index in [1.54, 1.807) is 0 Å². The third-order valence-corrected chi connectivity index (χ3v) is 9.19. The quantitative estimate of drug-likeness (QED) is 0.203. The van der Waals surface area contributed by atoms with E-state index in [9.17, 15) is 0 Å². The predicted molar refractivity (Wildman–Crippen MR) is 157 cm³/mol. The Morgan fingerprint density at radius 3 is 2.00 bits per heavy atom. The summed E-state index contributed by atoms with van der Waals surface area (Å²) in [6.07, 6.45) is 3.31. The van der Waals surface area contributed by atoms with Crippen LogP contribution in [-0.2, 0) is 12.7 Å². The normalized spacial score (nSPS) is 11.3. The molecule has 3 nitrogen and oxygen atoms in total. The van der Waals surface area contributed by atoms with Crippen LogP contribution in [0, 0.1) is 0 Å².